The molecule has 0 aliphatic carbocycles. The van der Waals surface area contributed by atoms with E-state index in [0.29, 0.717) is 17.7 Å². The van der Waals surface area contributed by atoms with E-state index in [1.807, 2.05) is 31.2 Å². The van der Waals surface area contributed by atoms with E-state index in [2.05, 4.69) is 20.6 Å². The number of carbonyl (C=O) groups is 2. The van der Waals surface area contributed by atoms with Crippen LogP contribution in [0.15, 0.2) is 48.8 Å². The number of aromatic amines is 1. The van der Waals surface area contributed by atoms with E-state index in [-0.39, 0.29) is 24.5 Å². The highest BCUT2D eigenvalue weighted by Crippen LogP contribution is 2.27. The standard InChI is InChI=1S/C20H22N4O3/c1-3-15(14-6-4-5-7-18(14)27-11-19(25)21-2)24-20(26)13-8-9-16-17(10-13)23-12-22-16/h4-10,12,15H,3,11H2,1-2H3,(H,21,25)(H,22,23)(H,24,26)/t15-/m1/s1. The molecule has 3 N–H and O–H groups in total. The Hall–Kier alpha value is -3.35. The van der Waals surface area contributed by atoms with E-state index in [4.69, 9.17) is 4.74 Å². The highest BCUT2D eigenvalue weighted by Gasteiger charge is 2.18. The Morgan fingerprint density at radius 2 is 2.04 bits per heavy atom. The monoisotopic (exact) mass is 366 g/mol. The average molecular weight is 366 g/mol. The lowest BCUT2D eigenvalue weighted by molar-refractivity contribution is -0.122. The fourth-order valence-corrected chi connectivity index (χ4v) is 2.83. The minimum absolute atomic E-state index is 0.0750. The van der Waals surface area contributed by atoms with Crippen molar-refractivity contribution in [1.29, 1.82) is 0 Å². The number of imidazole rings is 1. The summed E-state index contributed by atoms with van der Waals surface area (Å²) in [6.07, 6.45) is 2.28. The number of nitrogens with zero attached hydrogens (tertiary/aromatic N) is 1. The van der Waals surface area contributed by atoms with Crippen molar-refractivity contribution in [1.82, 2.24) is 20.6 Å². The fourth-order valence-electron chi connectivity index (χ4n) is 2.83. The van der Waals surface area contributed by atoms with E-state index < -0.39 is 0 Å². The summed E-state index contributed by atoms with van der Waals surface area (Å²) in [7, 11) is 1.56. The van der Waals surface area contributed by atoms with Gasteiger partial charge in [0.15, 0.2) is 6.61 Å². The van der Waals surface area contributed by atoms with Gasteiger partial charge in [0.05, 0.1) is 23.4 Å². The third-order valence-corrected chi connectivity index (χ3v) is 4.33. The molecule has 0 bridgehead atoms. The van der Waals surface area contributed by atoms with Gasteiger partial charge < -0.3 is 20.4 Å². The summed E-state index contributed by atoms with van der Waals surface area (Å²) in [5.41, 5.74) is 3.00. The number of hydrogen-bond acceptors (Lipinski definition) is 4. The van der Waals surface area contributed by atoms with Crippen molar-refractivity contribution < 1.29 is 14.3 Å². The van der Waals surface area contributed by atoms with Gasteiger partial charge in [-0.1, -0.05) is 25.1 Å². The molecule has 3 aromatic rings. The molecule has 1 heterocycles. The highest BCUT2D eigenvalue weighted by atomic mass is 16.5. The molecule has 0 aliphatic rings. The maximum Gasteiger partial charge on any atom is 0.257 e. The average Bonchev–Trinajstić information content (AvgIpc) is 3.18. The van der Waals surface area contributed by atoms with Gasteiger partial charge in [-0.05, 0) is 30.7 Å². The number of fused-ring (bicyclic) bond motifs is 1. The second-order valence-corrected chi connectivity index (χ2v) is 6.07. The van der Waals surface area contributed by atoms with Crippen LogP contribution in [0.3, 0.4) is 0 Å². The molecule has 0 fully saturated rings. The lowest BCUT2D eigenvalue weighted by Crippen LogP contribution is -2.29. The predicted octanol–water partition coefficient (Wildman–Crippen LogP) is 2.57. The van der Waals surface area contributed by atoms with Crippen molar-refractivity contribution in [3.63, 3.8) is 0 Å². The molecule has 140 valence electrons. The Morgan fingerprint density at radius 3 is 2.81 bits per heavy atom. The summed E-state index contributed by atoms with van der Waals surface area (Å²) < 4.78 is 5.63. The van der Waals surface area contributed by atoms with Gasteiger partial charge in [-0.2, -0.15) is 0 Å². The Morgan fingerprint density at radius 1 is 1.22 bits per heavy atom. The van der Waals surface area contributed by atoms with Gasteiger partial charge in [-0.25, -0.2) is 4.98 Å². The molecule has 0 unspecified atom stereocenters. The molecular formula is C20H22N4O3. The zero-order chi connectivity index (χ0) is 19.2. The van der Waals surface area contributed by atoms with Gasteiger partial charge in [0.1, 0.15) is 5.75 Å². The first-order chi connectivity index (χ1) is 13.1. The summed E-state index contributed by atoms with van der Waals surface area (Å²) in [6, 6.07) is 12.5. The Bertz CT molecular complexity index is 951. The molecule has 7 nitrogen and oxygen atoms in total. The lowest BCUT2D eigenvalue weighted by atomic mass is 10.0. The summed E-state index contributed by atoms with van der Waals surface area (Å²) in [5.74, 6) is 0.187. The topological polar surface area (TPSA) is 96.1 Å². The Balaban J connectivity index is 1.78. The van der Waals surface area contributed by atoms with Crippen molar-refractivity contribution >= 4 is 22.8 Å². The van der Waals surface area contributed by atoms with Crippen LogP contribution in [-0.4, -0.2) is 35.4 Å². The van der Waals surface area contributed by atoms with E-state index in [1.165, 1.54) is 0 Å². The Labute approximate surface area is 157 Å². The van der Waals surface area contributed by atoms with Gasteiger partial charge in [-0.15, -0.1) is 0 Å². The lowest BCUT2D eigenvalue weighted by Gasteiger charge is -2.20. The third-order valence-electron chi connectivity index (χ3n) is 4.33. The van der Waals surface area contributed by atoms with Gasteiger partial charge in [0.25, 0.3) is 11.8 Å². The molecule has 27 heavy (non-hydrogen) atoms. The minimum Gasteiger partial charge on any atom is -0.483 e. The van der Waals surface area contributed by atoms with E-state index in [0.717, 1.165) is 16.6 Å². The number of likely N-dealkylation sites (N-methyl/N-ethyl adjacent to an activating group) is 1. The van der Waals surface area contributed by atoms with Crippen LogP contribution in [0.25, 0.3) is 11.0 Å². The summed E-state index contributed by atoms with van der Waals surface area (Å²) in [6.45, 7) is 1.91. The quantitative estimate of drug-likeness (QED) is 0.599. The Kier molecular flexibility index (Phi) is 5.71. The van der Waals surface area contributed by atoms with Crippen LogP contribution < -0.4 is 15.4 Å². The molecule has 0 saturated heterocycles. The number of para-hydroxylation sites is 1. The summed E-state index contributed by atoms with van der Waals surface area (Å²) in [4.78, 5) is 31.4. The normalized spacial score (nSPS) is 11.8. The van der Waals surface area contributed by atoms with Crippen molar-refractivity contribution in [2.75, 3.05) is 13.7 Å². The first-order valence-electron chi connectivity index (χ1n) is 8.78. The van der Waals surface area contributed by atoms with Gasteiger partial charge >= 0.3 is 0 Å². The molecule has 7 heteroatoms. The van der Waals surface area contributed by atoms with Crippen LogP contribution in [-0.2, 0) is 4.79 Å². The molecule has 2 aromatic carbocycles. The second kappa shape index (κ2) is 8.35. The van der Waals surface area contributed by atoms with E-state index in [1.54, 1.807) is 31.6 Å². The second-order valence-electron chi connectivity index (χ2n) is 6.07. The molecule has 0 saturated carbocycles. The number of amides is 2. The molecule has 0 spiro atoms. The molecule has 1 atom stereocenters. The number of hydrogen-bond donors (Lipinski definition) is 3. The van der Waals surface area contributed by atoms with Crippen LogP contribution >= 0.6 is 0 Å². The first kappa shape index (κ1) is 18.4. The highest BCUT2D eigenvalue weighted by molar-refractivity contribution is 5.97. The zero-order valence-corrected chi connectivity index (χ0v) is 15.3. The van der Waals surface area contributed by atoms with Crippen LogP contribution in [0.4, 0.5) is 0 Å². The van der Waals surface area contributed by atoms with Crippen molar-refractivity contribution in [3.8, 4) is 5.75 Å². The number of nitrogens with one attached hydrogen (secondary N) is 3. The number of aromatic nitrogens is 2. The molecule has 3 rings (SSSR count). The smallest absolute Gasteiger partial charge is 0.257 e. The SMILES string of the molecule is CC[C@@H](NC(=O)c1ccc2nc[nH]c2c1)c1ccccc1OCC(=O)NC. The summed E-state index contributed by atoms with van der Waals surface area (Å²) >= 11 is 0. The maximum absolute atomic E-state index is 12.7. The van der Waals surface area contributed by atoms with Crippen molar-refractivity contribution in [3.05, 3.63) is 59.9 Å². The maximum atomic E-state index is 12.7. The van der Waals surface area contributed by atoms with Crippen LogP contribution in [0, 0.1) is 0 Å². The minimum atomic E-state index is -0.240. The van der Waals surface area contributed by atoms with E-state index in [9.17, 15) is 9.59 Å². The summed E-state index contributed by atoms with van der Waals surface area (Å²) in [5, 5.41) is 5.57. The van der Waals surface area contributed by atoms with Crippen LogP contribution in [0.5, 0.6) is 5.75 Å². The number of rotatable bonds is 7. The predicted molar refractivity (Wildman–Crippen MR) is 103 cm³/mol. The molecule has 0 aliphatic heterocycles. The van der Waals surface area contributed by atoms with Gasteiger partial charge in [0, 0.05) is 18.2 Å². The van der Waals surface area contributed by atoms with E-state index >= 15 is 0 Å². The third kappa shape index (κ3) is 4.25. The molecule has 2 amide bonds. The fraction of sp³-hybridized carbons (Fsp3) is 0.250. The number of carbonyl (C=O) groups excluding carboxylic acids is 2. The van der Waals surface area contributed by atoms with Gasteiger partial charge in [-0.3, -0.25) is 9.59 Å². The largest absolute Gasteiger partial charge is 0.483 e. The van der Waals surface area contributed by atoms with Gasteiger partial charge in [0.2, 0.25) is 0 Å². The first-order valence-corrected chi connectivity index (χ1v) is 8.78. The van der Waals surface area contributed by atoms with Crippen molar-refractivity contribution in [2.24, 2.45) is 0 Å². The molecule has 1 aromatic heterocycles. The number of H-pyrrole nitrogens is 1. The van der Waals surface area contributed by atoms with Crippen LogP contribution in [0.2, 0.25) is 0 Å². The number of benzene rings is 2. The number of ether oxygens (including phenoxy) is 1. The van der Waals surface area contributed by atoms with Crippen molar-refractivity contribution in [2.45, 2.75) is 19.4 Å². The molecule has 0 radical (unpaired) electrons. The molecular weight excluding hydrogens is 344 g/mol. The zero-order valence-electron chi connectivity index (χ0n) is 15.3. The van der Waals surface area contributed by atoms with Crippen LogP contribution in [0.1, 0.15) is 35.3 Å².